The van der Waals surface area contributed by atoms with Gasteiger partial charge in [0, 0.05) is 0 Å². The Morgan fingerprint density at radius 2 is 1.32 bits per heavy atom. The van der Waals surface area contributed by atoms with Gasteiger partial charge in [0.05, 0.1) is 0 Å². The van der Waals surface area contributed by atoms with E-state index in [0.717, 1.165) is 10.4 Å². The fourth-order valence-electron chi connectivity index (χ4n) is 18.7. The monoisotopic (exact) mass is 321 g/mol. The second kappa shape index (κ2) is 0.752. The zero-order chi connectivity index (χ0) is 11.8. The molecule has 0 radical (unpaired) electrons. The molecule has 0 aromatic carbocycles. The summed E-state index contributed by atoms with van der Waals surface area (Å²) in [4.78, 5) is 13.6. The van der Waals surface area contributed by atoms with Gasteiger partial charge in [0.1, 0.15) is 0 Å². The molecule has 10 fully saturated rings. The molecule has 10 aliphatic rings. The molecule has 1 spiro atoms. The molecule has 0 aliphatic carbocycles. The smallest absolute Gasteiger partial charge is 1.00 e. The van der Waals surface area contributed by atoms with Gasteiger partial charge in [-0.3, -0.25) is 0 Å². The Bertz CT molecular complexity index is 908. The van der Waals surface area contributed by atoms with Crippen molar-refractivity contribution in [2.45, 2.75) is 67.0 Å². The van der Waals surface area contributed by atoms with Crippen LogP contribution in [0, 0.1) is 0 Å². The van der Waals surface area contributed by atoms with Gasteiger partial charge in [-0.05, 0) is 0 Å². The summed E-state index contributed by atoms with van der Waals surface area (Å²) in [5, 5.41) is 0. The third-order valence-corrected chi connectivity index (χ3v) is 59.3. The maximum Gasteiger partial charge on any atom is -1.00 e. The molecule has 108 valence electrons. The van der Waals surface area contributed by atoms with E-state index in [9.17, 15) is 0 Å². The molecule has 0 bridgehead atoms. The number of hydrogen-bond donors (Lipinski definition) is 0. The molecule has 0 saturated carbocycles. The number of hydrogen-bond acceptors (Lipinski definition) is 0. The van der Waals surface area contributed by atoms with E-state index in [0.29, 0.717) is 0 Å². The molecule has 0 amide bonds. The molecular weight excluding hydrogens is 297 g/mol. The van der Waals surface area contributed by atoms with Crippen molar-refractivity contribution >= 4 is 0 Å². The Balaban J connectivity index is 0.000000729. The van der Waals surface area contributed by atoms with Crippen LogP contribution in [0.4, 0.5) is 0 Å². The van der Waals surface area contributed by atoms with Gasteiger partial charge in [-0.15, -0.1) is 0 Å². The quantitative estimate of drug-likeness (QED) is 0.542. The fraction of sp³-hybridized carbons (Fsp3) is 1.00. The van der Waals surface area contributed by atoms with Crippen LogP contribution < -0.4 is 12.4 Å². The molecule has 0 aromatic heterocycles. The third-order valence-electron chi connectivity index (χ3n) is 16.6. The summed E-state index contributed by atoms with van der Waals surface area (Å²) in [6.45, 7) is -0.271. The molecule has 10 aliphatic heterocycles. The van der Waals surface area contributed by atoms with E-state index in [1.54, 1.807) is 0 Å². The third kappa shape index (κ3) is 0.102. The number of halogens is 1. The molecule has 5 unspecified atom stereocenters. The Hall–Kier alpha value is 0.769. The van der Waals surface area contributed by atoms with Crippen LogP contribution in [0.1, 0.15) is 13.3 Å². The maximum atomic E-state index is 2.53. The minimum Gasteiger partial charge on any atom is -1.00 e. The van der Waals surface area contributed by atoms with Crippen LogP contribution in [0.2, 0.25) is 47.7 Å². The van der Waals surface area contributed by atoms with E-state index in [4.69, 9.17) is 0 Å². The molecule has 19 heavy (non-hydrogen) atoms. The van der Waals surface area contributed by atoms with Gasteiger partial charge >= 0.3 is 99.2 Å². The predicted octanol–water partition coefficient (Wildman–Crippen LogP) is 1.23. The van der Waals surface area contributed by atoms with Crippen LogP contribution in [0.25, 0.3) is 0 Å². The van der Waals surface area contributed by atoms with Crippen molar-refractivity contribution in [3.63, 3.8) is 0 Å². The average Bonchev–Trinajstić information content (AvgIpc) is 3.23. The molecule has 5 atom stereocenters. The van der Waals surface area contributed by atoms with E-state index in [2.05, 4.69) is 28.1 Å². The van der Waals surface area contributed by atoms with Gasteiger partial charge in [0.2, 0.25) is 0 Å². The Kier molecular flexibility index (Phi) is 0.358. The van der Waals surface area contributed by atoms with E-state index in [-0.39, 0.29) is 12.4 Å². The van der Waals surface area contributed by atoms with Crippen LogP contribution in [0.15, 0.2) is 0 Å². The number of rotatable bonds is 3. The molecule has 0 N–H and O–H groups in total. The minimum absolute atomic E-state index is 0. The molecule has 10 saturated heterocycles. The van der Waals surface area contributed by atoms with Gasteiger partial charge in [-0.2, -0.15) is 0 Å². The molecule has 1 nitrogen and oxygen atoms in total. The summed E-state index contributed by atoms with van der Waals surface area (Å²) >= 11 is 0. The van der Waals surface area contributed by atoms with Crippen molar-refractivity contribution in [3.05, 3.63) is 0 Å². The number of nitrogens with zero attached hydrogens (tertiary/aromatic N) is 1. The van der Waals surface area contributed by atoms with Crippen LogP contribution in [0.3, 0.4) is 0 Å². The second-order valence-electron chi connectivity index (χ2n) is 12.8. The van der Waals surface area contributed by atoms with Gasteiger partial charge in [0.25, 0.3) is 0 Å². The summed E-state index contributed by atoms with van der Waals surface area (Å²) < 4.78 is 2.42. The predicted molar refractivity (Wildman–Crippen MR) is 68.6 cm³/mol. The summed E-state index contributed by atoms with van der Waals surface area (Å²) in [5.41, 5.74) is 0. The van der Waals surface area contributed by atoms with Crippen molar-refractivity contribution in [2.24, 2.45) is 0 Å². The van der Waals surface area contributed by atoms with Crippen LogP contribution in [-0.4, -0.2) is 31.7 Å². The summed E-state index contributed by atoms with van der Waals surface area (Å²) in [6.07, 6.45) is 1.49. The van der Waals surface area contributed by atoms with E-state index in [1.807, 2.05) is 0 Å². The zero-order valence-electron chi connectivity index (χ0n) is 12.2. The Labute approximate surface area is 111 Å². The standard InChI is InChI=1S/C11H19N.C5H5.ClH.Fe/c1-5-11(12(2,3)4)10-8-6-7-9-10;1-2-4-5-3-1;;/h6-9,11H,5H2,1-4H3;1-5H;1H;/q+1;;;/p-1. The largest absolute Gasteiger partial charge is 1.00 e. The van der Waals surface area contributed by atoms with Crippen molar-refractivity contribution < 1.29 is 23.4 Å². The topological polar surface area (TPSA) is 0 Å². The summed E-state index contributed by atoms with van der Waals surface area (Å²) in [7, 11) is 7.58. The van der Waals surface area contributed by atoms with Crippen molar-refractivity contribution in [3.8, 4) is 0 Å². The SMILES string of the molecule is CCC([C]12[CH]3[CH]4[CH]5[CH]1[Fe]45321678[CH]2[CH]1[CH]6[CH]7[CH]28)[N+](C)(C)C.[Cl-]. The first-order valence-electron chi connectivity index (χ1n) is 8.26. The molecule has 0 aromatic rings. The first-order valence-corrected chi connectivity index (χ1v) is 14.6. The van der Waals surface area contributed by atoms with E-state index >= 15 is 0 Å². The average molecular weight is 322 g/mol. The maximum absolute atomic E-state index is 2.80. The molecule has 3 heteroatoms. The zero-order valence-corrected chi connectivity index (χ0v) is 14.0. The van der Waals surface area contributed by atoms with Crippen LogP contribution >= 0.6 is 0 Å². The van der Waals surface area contributed by atoms with Gasteiger partial charge in [-0.25, -0.2) is 0 Å². The van der Waals surface area contributed by atoms with Crippen LogP contribution in [0.5, 0.6) is 0 Å². The van der Waals surface area contributed by atoms with E-state index in [1.165, 1.54) is 54.3 Å². The number of fused-ring (bicyclic) bond motifs is 10. The Morgan fingerprint density at radius 1 is 0.895 bits per heavy atom. The first kappa shape index (κ1) is 9.03. The normalized spacial score (nSPS) is 110. The van der Waals surface area contributed by atoms with Crippen molar-refractivity contribution in [2.75, 3.05) is 21.1 Å². The second-order valence-corrected chi connectivity index (χ2v) is 36.4. The molecule has 10 rings (SSSR count). The first-order chi connectivity index (χ1) is 8.24. The van der Waals surface area contributed by atoms with E-state index < -0.39 is 6.51 Å². The van der Waals surface area contributed by atoms with Gasteiger partial charge in [-0.1, -0.05) is 0 Å². The van der Waals surface area contributed by atoms with Crippen molar-refractivity contribution in [1.29, 1.82) is 0 Å². The van der Waals surface area contributed by atoms with Crippen molar-refractivity contribution in [1.82, 2.24) is 0 Å². The van der Waals surface area contributed by atoms with Gasteiger partial charge < -0.3 is 12.4 Å². The summed E-state index contributed by atoms with van der Waals surface area (Å²) in [5.74, 6) is 0. The number of quaternary nitrogens is 1. The van der Waals surface area contributed by atoms with Crippen LogP contribution in [-0.2, 0) is 6.51 Å². The molecular formula is C16H24ClFeN. The van der Waals surface area contributed by atoms with Gasteiger partial charge in [0.15, 0.2) is 0 Å². The fourth-order valence-corrected chi connectivity index (χ4v) is 94.3. The Morgan fingerprint density at radius 3 is 1.47 bits per heavy atom. The minimum atomic E-state index is -2.80. The summed E-state index contributed by atoms with van der Waals surface area (Å²) in [6, 6.07) is 1.09. The molecule has 10 heterocycles.